The van der Waals surface area contributed by atoms with E-state index < -0.39 is 0 Å². The molecule has 1 fully saturated rings. The van der Waals surface area contributed by atoms with Gasteiger partial charge in [0.25, 0.3) is 0 Å². The number of benzene rings is 1. The van der Waals surface area contributed by atoms with Crippen molar-refractivity contribution in [1.29, 1.82) is 0 Å². The van der Waals surface area contributed by atoms with Gasteiger partial charge >= 0.3 is 0 Å². The van der Waals surface area contributed by atoms with Gasteiger partial charge in [0.15, 0.2) is 0 Å². The molecule has 4 nitrogen and oxygen atoms in total. The third kappa shape index (κ3) is 4.41. The summed E-state index contributed by atoms with van der Waals surface area (Å²) in [4.78, 5) is 19.7. The van der Waals surface area contributed by atoms with Crippen molar-refractivity contribution in [3.8, 4) is 0 Å². The molecule has 0 radical (unpaired) electrons. The number of aromatic nitrogens is 1. The smallest absolute Gasteiger partial charge is 0.239 e. The van der Waals surface area contributed by atoms with Crippen LogP contribution in [-0.4, -0.2) is 41.5 Å². The van der Waals surface area contributed by atoms with Crippen LogP contribution in [0.25, 0.3) is 10.9 Å². The lowest BCUT2D eigenvalue weighted by Crippen LogP contribution is -2.48. The molecule has 0 unspecified atom stereocenters. The second-order valence-corrected chi connectivity index (χ2v) is 9.21. The number of hydrogen-bond acceptors (Lipinski definition) is 3. The fraction of sp³-hybridized carbons (Fsp3) is 0.458. The van der Waals surface area contributed by atoms with Gasteiger partial charge in [-0.1, -0.05) is 43.5 Å². The van der Waals surface area contributed by atoms with Gasteiger partial charge in [-0.15, -0.1) is 11.3 Å². The highest BCUT2D eigenvalue weighted by atomic mass is 32.1. The van der Waals surface area contributed by atoms with Crippen molar-refractivity contribution in [3.05, 3.63) is 58.4 Å². The van der Waals surface area contributed by atoms with Crippen molar-refractivity contribution in [2.45, 2.75) is 57.0 Å². The Morgan fingerprint density at radius 2 is 2.00 bits per heavy atom. The zero-order chi connectivity index (χ0) is 20.2. The molecule has 1 aliphatic carbocycles. The molecule has 0 spiro atoms. The summed E-state index contributed by atoms with van der Waals surface area (Å²) in [7, 11) is 1.98. The van der Waals surface area contributed by atoms with E-state index in [0.29, 0.717) is 6.04 Å². The minimum atomic E-state index is -0.186. The van der Waals surface area contributed by atoms with Crippen LogP contribution < -0.4 is 5.32 Å². The number of hydrogen-bond donors (Lipinski definition) is 2. The number of carbonyl (C=O) groups is 1. The van der Waals surface area contributed by atoms with Crippen molar-refractivity contribution < 1.29 is 4.79 Å². The molecule has 154 valence electrons. The zero-order valence-corrected chi connectivity index (χ0v) is 18.2. The molecule has 1 amide bonds. The first kappa shape index (κ1) is 20.2. The van der Waals surface area contributed by atoms with Crippen LogP contribution in [0.1, 0.15) is 55.4 Å². The number of fused-ring (bicyclic) bond motifs is 1. The summed E-state index contributed by atoms with van der Waals surface area (Å²) in [6.45, 7) is 2.75. The quantitative estimate of drug-likeness (QED) is 0.568. The summed E-state index contributed by atoms with van der Waals surface area (Å²) in [6.07, 6.45) is 8.19. The average molecular weight is 410 g/mol. The molecule has 3 aromatic rings. The number of nitrogens with one attached hydrogen (secondary N) is 2. The van der Waals surface area contributed by atoms with E-state index in [-0.39, 0.29) is 17.9 Å². The third-order valence-corrected chi connectivity index (χ3v) is 7.34. The Hall–Kier alpha value is -2.11. The molecule has 29 heavy (non-hydrogen) atoms. The van der Waals surface area contributed by atoms with Crippen LogP contribution in [0.2, 0.25) is 0 Å². The molecule has 2 heterocycles. The Kier molecular flexibility index (Phi) is 6.36. The normalized spacial score (nSPS) is 17.3. The second-order valence-electron chi connectivity index (χ2n) is 8.23. The van der Waals surface area contributed by atoms with Crippen molar-refractivity contribution in [3.63, 3.8) is 0 Å². The minimum absolute atomic E-state index is 0.186. The Morgan fingerprint density at radius 3 is 2.76 bits per heavy atom. The summed E-state index contributed by atoms with van der Waals surface area (Å²) >= 11 is 1.78. The highest BCUT2D eigenvalue weighted by molar-refractivity contribution is 7.10. The number of rotatable bonds is 7. The molecule has 2 atom stereocenters. The van der Waals surface area contributed by atoms with E-state index in [4.69, 9.17) is 0 Å². The third-order valence-electron chi connectivity index (χ3n) is 6.35. The van der Waals surface area contributed by atoms with Crippen LogP contribution in [0.5, 0.6) is 0 Å². The lowest BCUT2D eigenvalue weighted by atomic mass is 9.94. The lowest BCUT2D eigenvalue weighted by molar-refractivity contribution is -0.134. The van der Waals surface area contributed by atoms with Gasteiger partial charge in [0.05, 0.1) is 6.04 Å². The highest BCUT2D eigenvalue weighted by Crippen LogP contribution is 2.33. The fourth-order valence-electron chi connectivity index (χ4n) is 4.57. The van der Waals surface area contributed by atoms with Crippen LogP contribution in [-0.2, 0) is 4.79 Å². The zero-order valence-electron chi connectivity index (χ0n) is 17.4. The largest absolute Gasteiger partial charge is 0.361 e. The van der Waals surface area contributed by atoms with Gasteiger partial charge in [-0.2, -0.15) is 0 Å². The van der Waals surface area contributed by atoms with Crippen molar-refractivity contribution in [2.75, 3.05) is 13.6 Å². The molecule has 0 saturated heterocycles. The molecule has 5 heteroatoms. The Balaban J connectivity index is 1.48. The first-order chi connectivity index (χ1) is 14.1. The fourth-order valence-corrected chi connectivity index (χ4v) is 5.42. The average Bonchev–Trinajstić information content (AvgIpc) is 3.44. The molecule has 1 saturated carbocycles. The number of thiophene rings is 1. The van der Waals surface area contributed by atoms with Gasteiger partial charge in [-0.25, -0.2) is 0 Å². The summed E-state index contributed by atoms with van der Waals surface area (Å²) in [6, 6.07) is 13.0. The van der Waals surface area contributed by atoms with Gasteiger partial charge in [0.2, 0.25) is 5.91 Å². The number of amides is 1. The van der Waals surface area contributed by atoms with E-state index in [0.717, 1.165) is 24.9 Å². The summed E-state index contributed by atoms with van der Waals surface area (Å²) in [5.41, 5.74) is 2.45. The number of aromatic amines is 1. The lowest BCUT2D eigenvalue weighted by Gasteiger charge is -2.33. The summed E-state index contributed by atoms with van der Waals surface area (Å²) in [5, 5.41) is 6.93. The van der Waals surface area contributed by atoms with Crippen molar-refractivity contribution in [2.24, 2.45) is 0 Å². The van der Waals surface area contributed by atoms with Gasteiger partial charge in [0, 0.05) is 47.5 Å². The maximum Gasteiger partial charge on any atom is 0.239 e. The molecule has 4 rings (SSSR count). The molecule has 0 aliphatic heterocycles. The molecule has 2 aromatic heterocycles. The van der Waals surface area contributed by atoms with E-state index in [1.165, 1.54) is 35.1 Å². The Labute approximate surface area is 177 Å². The monoisotopic (exact) mass is 409 g/mol. The van der Waals surface area contributed by atoms with Crippen LogP contribution in [0, 0.1) is 0 Å². The second kappa shape index (κ2) is 9.14. The molecule has 0 bridgehead atoms. The topological polar surface area (TPSA) is 48.1 Å². The molecule has 1 aromatic carbocycles. The molecule has 1 aliphatic rings. The van der Waals surface area contributed by atoms with Crippen LogP contribution in [0.3, 0.4) is 0 Å². The van der Waals surface area contributed by atoms with Crippen LogP contribution in [0.15, 0.2) is 48.0 Å². The van der Waals surface area contributed by atoms with E-state index in [2.05, 4.69) is 58.3 Å². The number of likely N-dealkylation sites (N-methyl/N-ethyl adjacent to an activating group) is 1. The van der Waals surface area contributed by atoms with E-state index in [1.807, 2.05) is 18.9 Å². The Bertz CT molecular complexity index is 927. The number of nitrogens with zero attached hydrogens (tertiary/aromatic N) is 1. The van der Waals surface area contributed by atoms with Gasteiger partial charge < -0.3 is 15.2 Å². The van der Waals surface area contributed by atoms with Crippen LogP contribution >= 0.6 is 11.3 Å². The van der Waals surface area contributed by atoms with E-state index in [9.17, 15) is 4.79 Å². The maximum atomic E-state index is 13.0. The first-order valence-corrected chi connectivity index (χ1v) is 11.6. The SMILES string of the molecule is C[C@H](NC[C@@H](c1cccs1)c1c[nH]c2ccccc12)C(=O)N(C)C1CCCCC1. The highest BCUT2D eigenvalue weighted by Gasteiger charge is 2.27. The minimum Gasteiger partial charge on any atom is -0.361 e. The predicted molar refractivity (Wildman–Crippen MR) is 122 cm³/mol. The Morgan fingerprint density at radius 1 is 1.21 bits per heavy atom. The maximum absolute atomic E-state index is 13.0. The standard InChI is InChI=1S/C24H31N3OS/c1-17(24(28)27(2)18-9-4-3-5-10-18)25-16-21(23-13-8-14-29-23)20-15-26-22-12-7-6-11-19(20)22/h6-8,11-15,17-18,21,25-26H,3-5,9-10,16H2,1-2H3/t17-,21+/m0/s1. The van der Waals surface area contributed by atoms with E-state index >= 15 is 0 Å². The van der Waals surface area contributed by atoms with E-state index in [1.54, 1.807) is 11.3 Å². The molecule has 2 N–H and O–H groups in total. The van der Waals surface area contributed by atoms with Crippen molar-refractivity contribution in [1.82, 2.24) is 15.2 Å². The summed E-state index contributed by atoms with van der Waals surface area (Å²) < 4.78 is 0. The van der Waals surface area contributed by atoms with Crippen LogP contribution in [0.4, 0.5) is 0 Å². The molecular formula is C24H31N3OS. The van der Waals surface area contributed by atoms with Crippen molar-refractivity contribution >= 4 is 28.1 Å². The van der Waals surface area contributed by atoms with Gasteiger partial charge in [-0.05, 0) is 42.8 Å². The first-order valence-electron chi connectivity index (χ1n) is 10.7. The predicted octanol–water partition coefficient (Wildman–Crippen LogP) is 5.13. The molecular weight excluding hydrogens is 378 g/mol. The van der Waals surface area contributed by atoms with Gasteiger partial charge in [-0.3, -0.25) is 4.79 Å². The number of carbonyl (C=O) groups excluding carboxylic acids is 1. The summed E-state index contributed by atoms with van der Waals surface area (Å²) in [5.74, 6) is 0.433. The van der Waals surface area contributed by atoms with Gasteiger partial charge in [0.1, 0.15) is 0 Å². The number of H-pyrrole nitrogens is 1. The number of para-hydroxylation sites is 1.